The number of amides is 1. The average Bonchev–Trinajstić information content (AvgIpc) is 2.31. The van der Waals surface area contributed by atoms with E-state index in [1.54, 1.807) is 23.7 Å². The van der Waals surface area contributed by atoms with Crippen LogP contribution in [0.2, 0.25) is 0 Å². The fourth-order valence-corrected chi connectivity index (χ4v) is 2.74. The lowest BCUT2D eigenvalue weighted by atomic mass is 10.1. The van der Waals surface area contributed by atoms with E-state index in [0.717, 1.165) is 22.6 Å². The molecule has 1 aliphatic rings. The van der Waals surface area contributed by atoms with Crippen molar-refractivity contribution >= 4 is 23.4 Å². The molecule has 2 rings (SSSR count). The van der Waals surface area contributed by atoms with Crippen LogP contribution in [-0.4, -0.2) is 18.7 Å². The fourth-order valence-electron chi connectivity index (χ4n) is 1.68. The van der Waals surface area contributed by atoms with Gasteiger partial charge in [-0.3, -0.25) is 4.79 Å². The predicted molar refractivity (Wildman–Crippen MR) is 64.5 cm³/mol. The van der Waals surface area contributed by atoms with Crippen molar-refractivity contribution in [3.63, 3.8) is 0 Å². The van der Waals surface area contributed by atoms with Crippen LogP contribution in [0.4, 0.5) is 5.69 Å². The number of rotatable bonds is 2. The standard InChI is InChI=1S/C12H12N2OS/c1-14-10-5-4-9(3-2-6-13)7-11(10)16-8-12(14)15/h4-5,7H,2-3,8H2,1H3. The highest BCUT2D eigenvalue weighted by Gasteiger charge is 2.21. The van der Waals surface area contributed by atoms with E-state index in [-0.39, 0.29) is 5.91 Å². The predicted octanol–water partition coefficient (Wildman–Crippen LogP) is 2.21. The van der Waals surface area contributed by atoms with Gasteiger partial charge in [-0.15, -0.1) is 11.8 Å². The van der Waals surface area contributed by atoms with E-state index in [2.05, 4.69) is 12.1 Å². The number of benzene rings is 1. The lowest BCUT2D eigenvalue weighted by Gasteiger charge is -2.25. The lowest BCUT2D eigenvalue weighted by Crippen LogP contribution is -2.31. The zero-order valence-corrected chi connectivity index (χ0v) is 9.88. The molecule has 16 heavy (non-hydrogen) atoms. The van der Waals surface area contributed by atoms with Crippen molar-refractivity contribution in [1.82, 2.24) is 0 Å². The van der Waals surface area contributed by atoms with Gasteiger partial charge in [-0.05, 0) is 24.1 Å². The molecule has 1 heterocycles. The first-order valence-electron chi connectivity index (χ1n) is 5.11. The summed E-state index contributed by atoms with van der Waals surface area (Å²) in [5.74, 6) is 0.646. The van der Waals surface area contributed by atoms with Gasteiger partial charge in [0.25, 0.3) is 0 Å². The molecule has 0 atom stereocenters. The summed E-state index contributed by atoms with van der Waals surface area (Å²) < 4.78 is 0. The van der Waals surface area contributed by atoms with Crippen molar-refractivity contribution in [2.75, 3.05) is 17.7 Å². The second-order valence-corrected chi connectivity index (χ2v) is 4.72. The van der Waals surface area contributed by atoms with Gasteiger partial charge in [-0.1, -0.05) is 6.07 Å². The van der Waals surface area contributed by atoms with Gasteiger partial charge in [0.15, 0.2) is 0 Å². The van der Waals surface area contributed by atoms with Gasteiger partial charge in [0.2, 0.25) is 5.91 Å². The number of carbonyl (C=O) groups excluding carboxylic acids is 1. The molecule has 0 spiro atoms. The van der Waals surface area contributed by atoms with Gasteiger partial charge in [0.1, 0.15) is 0 Å². The maximum Gasteiger partial charge on any atom is 0.237 e. The SMILES string of the molecule is CN1C(=O)CSc2cc(CCC#N)ccc21. The third-order valence-corrected chi connectivity index (χ3v) is 3.67. The third-order valence-electron chi connectivity index (χ3n) is 2.64. The van der Waals surface area contributed by atoms with E-state index < -0.39 is 0 Å². The lowest BCUT2D eigenvalue weighted by molar-refractivity contribution is -0.116. The Morgan fingerprint density at radius 3 is 3.12 bits per heavy atom. The molecule has 1 aliphatic heterocycles. The van der Waals surface area contributed by atoms with Crippen LogP contribution in [0, 0.1) is 11.3 Å². The number of nitrogens with zero attached hydrogens (tertiary/aromatic N) is 2. The van der Waals surface area contributed by atoms with Gasteiger partial charge in [-0.25, -0.2) is 0 Å². The first kappa shape index (κ1) is 11.0. The monoisotopic (exact) mass is 232 g/mol. The molecule has 0 radical (unpaired) electrons. The Kier molecular flexibility index (Phi) is 3.16. The van der Waals surface area contributed by atoms with Gasteiger partial charge in [0.05, 0.1) is 17.5 Å². The van der Waals surface area contributed by atoms with Gasteiger partial charge < -0.3 is 4.90 Å². The molecule has 1 amide bonds. The molecular weight excluding hydrogens is 220 g/mol. The molecule has 3 nitrogen and oxygen atoms in total. The minimum absolute atomic E-state index is 0.141. The van der Waals surface area contributed by atoms with E-state index in [1.807, 2.05) is 12.1 Å². The quantitative estimate of drug-likeness (QED) is 0.785. The van der Waals surface area contributed by atoms with E-state index in [1.165, 1.54) is 0 Å². The maximum atomic E-state index is 11.5. The number of nitriles is 1. The second-order valence-electron chi connectivity index (χ2n) is 3.70. The number of fused-ring (bicyclic) bond motifs is 1. The first-order valence-corrected chi connectivity index (χ1v) is 6.10. The zero-order chi connectivity index (χ0) is 11.5. The summed E-state index contributed by atoms with van der Waals surface area (Å²) >= 11 is 1.57. The summed E-state index contributed by atoms with van der Waals surface area (Å²) in [6, 6.07) is 8.18. The summed E-state index contributed by atoms with van der Waals surface area (Å²) in [6.45, 7) is 0. The smallest absolute Gasteiger partial charge is 0.237 e. The van der Waals surface area contributed by atoms with E-state index >= 15 is 0 Å². The Bertz CT molecular complexity index is 465. The first-order chi connectivity index (χ1) is 7.72. The van der Waals surface area contributed by atoms with E-state index in [0.29, 0.717) is 12.2 Å². The molecule has 0 unspecified atom stereocenters. The fraction of sp³-hybridized carbons (Fsp3) is 0.333. The molecule has 0 saturated carbocycles. The third kappa shape index (κ3) is 2.05. The van der Waals surface area contributed by atoms with Crippen molar-refractivity contribution in [3.05, 3.63) is 23.8 Å². The summed E-state index contributed by atoms with van der Waals surface area (Å²) in [5, 5.41) is 8.53. The van der Waals surface area contributed by atoms with Crippen LogP contribution in [0.1, 0.15) is 12.0 Å². The molecule has 0 aliphatic carbocycles. The van der Waals surface area contributed by atoms with Crippen LogP contribution in [0.15, 0.2) is 23.1 Å². The molecule has 0 bridgehead atoms. The highest BCUT2D eigenvalue weighted by atomic mass is 32.2. The summed E-state index contributed by atoms with van der Waals surface area (Å²) in [6.07, 6.45) is 1.32. The molecule has 1 aromatic carbocycles. The molecule has 82 valence electrons. The largest absolute Gasteiger partial charge is 0.314 e. The van der Waals surface area contributed by atoms with Crippen molar-refractivity contribution in [3.8, 4) is 6.07 Å². The molecule has 1 aromatic rings. The van der Waals surface area contributed by atoms with Crippen LogP contribution in [0.25, 0.3) is 0 Å². The van der Waals surface area contributed by atoms with Gasteiger partial charge >= 0.3 is 0 Å². The Morgan fingerprint density at radius 2 is 2.38 bits per heavy atom. The number of anilines is 1. The number of hydrogen-bond acceptors (Lipinski definition) is 3. The zero-order valence-electron chi connectivity index (χ0n) is 9.06. The van der Waals surface area contributed by atoms with Crippen molar-refractivity contribution in [2.45, 2.75) is 17.7 Å². The van der Waals surface area contributed by atoms with Crippen LogP contribution in [-0.2, 0) is 11.2 Å². The van der Waals surface area contributed by atoms with Crippen molar-refractivity contribution in [2.24, 2.45) is 0 Å². The van der Waals surface area contributed by atoms with Crippen LogP contribution in [0.3, 0.4) is 0 Å². The molecule has 0 aromatic heterocycles. The molecule has 0 fully saturated rings. The molecule has 0 N–H and O–H groups in total. The van der Waals surface area contributed by atoms with Gasteiger partial charge in [-0.2, -0.15) is 5.26 Å². The Balaban J connectivity index is 2.27. The molecule has 0 saturated heterocycles. The summed E-state index contributed by atoms with van der Waals surface area (Å²) in [7, 11) is 1.80. The minimum atomic E-state index is 0.141. The van der Waals surface area contributed by atoms with Crippen LogP contribution < -0.4 is 4.90 Å². The highest BCUT2D eigenvalue weighted by Crippen LogP contribution is 2.35. The number of carbonyl (C=O) groups is 1. The molecule has 4 heteroatoms. The Hall–Kier alpha value is -1.47. The van der Waals surface area contributed by atoms with Gasteiger partial charge in [0, 0.05) is 18.4 Å². The van der Waals surface area contributed by atoms with Crippen LogP contribution in [0.5, 0.6) is 0 Å². The Labute approximate surface area is 99.1 Å². The Morgan fingerprint density at radius 1 is 1.56 bits per heavy atom. The average molecular weight is 232 g/mol. The highest BCUT2D eigenvalue weighted by molar-refractivity contribution is 8.00. The maximum absolute atomic E-state index is 11.5. The minimum Gasteiger partial charge on any atom is -0.314 e. The summed E-state index contributed by atoms with van der Waals surface area (Å²) in [5.41, 5.74) is 2.14. The normalized spacial score (nSPS) is 14.5. The van der Waals surface area contributed by atoms with Crippen molar-refractivity contribution < 1.29 is 4.79 Å². The number of thioether (sulfide) groups is 1. The van der Waals surface area contributed by atoms with Crippen molar-refractivity contribution in [1.29, 1.82) is 5.26 Å². The van der Waals surface area contributed by atoms with E-state index in [9.17, 15) is 4.79 Å². The van der Waals surface area contributed by atoms with E-state index in [4.69, 9.17) is 5.26 Å². The molecular formula is C12H12N2OS. The number of hydrogen-bond donors (Lipinski definition) is 0. The number of aryl methyl sites for hydroxylation is 1. The topological polar surface area (TPSA) is 44.1 Å². The summed E-state index contributed by atoms with van der Waals surface area (Å²) in [4.78, 5) is 14.3. The second kappa shape index (κ2) is 4.58. The van der Waals surface area contributed by atoms with Crippen LogP contribution >= 0.6 is 11.8 Å².